The van der Waals surface area contributed by atoms with E-state index in [0.29, 0.717) is 18.8 Å². The number of benzene rings is 2. The van der Waals surface area contributed by atoms with Crippen LogP contribution in [0.2, 0.25) is 0 Å². The van der Waals surface area contributed by atoms with E-state index < -0.39 is 6.04 Å². The van der Waals surface area contributed by atoms with Crippen LogP contribution in [0.3, 0.4) is 0 Å². The minimum Gasteiger partial charge on any atom is -0.378 e. The molecule has 1 fully saturated rings. The highest BCUT2D eigenvalue weighted by Gasteiger charge is 2.20. The van der Waals surface area contributed by atoms with E-state index in [1.54, 1.807) is 13.0 Å². The Labute approximate surface area is 159 Å². The first-order valence-electron chi connectivity index (χ1n) is 9.15. The number of anilines is 2. The molecule has 142 valence electrons. The molecule has 2 aromatic rings. The maximum absolute atomic E-state index is 12.6. The molecule has 1 atom stereocenters. The summed E-state index contributed by atoms with van der Waals surface area (Å²) in [5.41, 5.74) is 3.15. The van der Waals surface area contributed by atoms with Gasteiger partial charge in [-0.15, -0.1) is 0 Å². The molecule has 27 heavy (non-hydrogen) atoms. The highest BCUT2D eigenvalue weighted by Crippen LogP contribution is 2.26. The molecule has 0 bridgehead atoms. The van der Waals surface area contributed by atoms with Crippen LogP contribution in [0.1, 0.15) is 22.8 Å². The van der Waals surface area contributed by atoms with Crippen molar-refractivity contribution in [3.63, 3.8) is 0 Å². The number of amides is 2. The van der Waals surface area contributed by atoms with Crippen molar-refractivity contribution in [2.75, 3.05) is 36.5 Å². The minimum absolute atomic E-state index is 0.252. The summed E-state index contributed by atoms with van der Waals surface area (Å²) < 4.78 is 5.40. The molecule has 0 saturated carbocycles. The molecular weight excluding hydrogens is 342 g/mol. The zero-order chi connectivity index (χ0) is 19.2. The Balaban J connectivity index is 1.66. The molecule has 1 aliphatic rings. The lowest BCUT2D eigenvalue weighted by Crippen LogP contribution is -2.42. The van der Waals surface area contributed by atoms with Crippen molar-refractivity contribution < 1.29 is 14.3 Å². The monoisotopic (exact) mass is 367 g/mol. The SMILES string of the molecule is Cc1ccccc1C(=O)NC(C)C(=O)Nc1ccccc1N1CCOCC1. The molecule has 1 heterocycles. The highest BCUT2D eigenvalue weighted by molar-refractivity contribution is 6.02. The van der Waals surface area contributed by atoms with E-state index in [1.165, 1.54) is 0 Å². The number of para-hydroxylation sites is 2. The first-order valence-corrected chi connectivity index (χ1v) is 9.15. The minimum atomic E-state index is -0.658. The molecule has 0 aromatic heterocycles. The molecule has 0 radical (unpaired) electrons. The topological polar surface area (TPSA) is 70.7 Å². The molecule has 2 amide bonds. The van der Waals surface area contributed by atoms with Gasteiger partial charge in [0.25, 0.3) is 5.91 Å². The fraction of sp³-hybridized carbons (Fsp3) is 0.333. The second-order valence-corrected chi connectivity index (χ2v) is 6.62. The van der Waals surface area contributed by atoms with Gasteiger partial charge in [0.2, 0.25) is 5.91 Å². The lowest BCUT2D eigenvalue weighted by Gasteiger charge is -2.30. The van der Waals surface area contributed by atoms with Crippen LogP contribution in [0.4, 0.5) is 11.4 Å². The number of carbonyl (C=O) groups excluding carboxylic acids is 2. The molecule has 6 nitrogen and oxygen atoms in total. The Morgan fingerprint density at radius 2 is 1.70 bits per heavy atom. The Morgan fingerprint density at radius 3 is 2.44 bits per heavy atom. The number of hydrogen-bond donors (Lipinski definition) is 2. The van der Waals surface area contributed by atoms with E-state index in [4.69, 9.17) is 4.74 Å². The Morgan fingerprint density at radius 1 is 1.04 bits per heavy atom. The molecule has 6 heteroatoms. The van der Waals surface area contributed by atoms with Crippen LogP contribution in [-0.4, -0.2) is 44.2 Å². The van der Waals surface area contributed by atoms with Gasteiger partial charge in [-0.05, 0) is 37.6 Å². The average molecular weight is 367 g/mol. The first-order chi connectivity index (χ1) is 13.1. The molecule has 1 unspecified atom stereocenters. The van der Waals surface area contributed by atoms with Gasteiger partial charge in [0.1, 0.15) is 6.04 Å². The average Bonchev–Trinajstić information content (AvgIpc) is 2.69. The van der Waals surface area contributed by atoms with Crippen molar-refractivity contribution in [3.05, 3.63) is 59.7 Å². The smallest absolute Gasteiger partial charge is 0.252 e. The van der Waals surface area contributed by atoms with Crippen molar-refractivity contribution in [2.45, 2.75) is 19.9 Å². The Kier molecular flexibility index (Phi) is 6.08. The second-order valence-electron chi connectivity index (χ2n) is 6.62. The Hall–Kier alpha value is -2.86. The van der Waals surface area contributed by atoms with E-state index in [9.17, 15) is 9.59 Å². The number of hydrogen-bond acceptors (Lipinski definition) is 4. The number of nitrogens with zero attached hydrogens (tertiary/aromatic N) is 1. The lowest BCUT2D eigenvalue weighted by molar-refractivity contribution is -0.117. The van der Waals surface area contributed by atoms with Crippen molar-refractivity contribution in [1.82, 2.24) is 5.32 Å². The fourth-order valence-corrected chi connectivity index (χ4v) is 3.07. The summed E-state index contributed by atoms with van der Waals surface area (Å²) in [4.78, 5) is 27.3. The molecular formula is C21H25N3O3. The number of carbonyl (C=O) groups is 2. The predicted octanol–water partition coefficient (Wildman–Crippen LogP) is 2.59. The molecule has 1 saturated heterocycles. The third-order valence-corrected chi connectivity index (χ3v) is 4.64. The van der Waals surface area contributed by atoms with Gasteiger partial charge in [0, 0.05) is 18.7 Å². The van der Waals surface area contributed by atoms with Gasteiger partial charge in [0.05, 0.1) is 24.6 Å². The third kappa shape index (κ3) is 4.65. The maximum Gasteiger partial charge on any atom is 0.252 e. The lowest BCUT2D eigenvalue weighted by atomic mass is 10.1. The maximum atomic E-state index is 12.6. The summed E-state index contributed by atoms with van der Waals surface area (Å²) in [7, 11) is 0. The summed E-state index contributed by atoms with van der Waals surface area (Å²) in [6, 6.07) is 14.3. The van der Waals surface area contributed by atoms with Gasteiger partial charge < -0.3 is 20.3 Å². The molecule has 2 aromatic carbocycles. The van der Waals surface area contributed by atoms with Gasteiger partial charge in [-0.25, -0.2) is 0 Å². The van der Waals surface area contributed by atoms with Gasteiger partial charge in [-0.1, -0.05) is 30.3 Å². The van der Waals surface area contributed by atoms with Crippen LogP contribution < -0.4 is 15.5 Å². The zero-order valence-corrected chi connectivity index (χ0v) is 15.7. The summed E-state index contributed by atoms with van der Waals surface area (Å²) in [6.45, 7) is 6.47. The van der Waals surface area contributed by atoms with E-state index in [1.807, 2.05) is 49.4 Å². The van der Waals surface area contributed by atoms with E-state index in [-0.39, 0.29) is 11.8 Å². The summed E-state index contributed by atoms with van der Waals surface area (Å²) >= 11 is 0. The second kappa shape index (κ2) is 8.68. The number of aryl methyl sites for hydroxylation is 1. The van der Waals surface area contributed by atoms with Gasteiger partial charge in [0.15, 0.2) is 0 Å². The zero-order valence-electron chi connectivity index (χ0n) is 15.7. The van der Waals surface area contributed by atoms with E-state index >= 15 is 0 Å². The number of ether oxygens (including phenoxy) is 1. The van der Waals surface area contributed by atoms with Crippen LogP contribution in [0.15, 0.2) is 48.5 Å². The van der Waals surface area contributed by atoms with Crippen LogP contribution in [0.5, 0.6) is 0 Å². The van der Waals surface area contributed by atoms with E-state index in [2.05, 4.69) is 15.5 Å². The van der Waals surface area contributed by atoms with Crippen LogP contribution in [0, 0.1) is 6.92 Å². The highest BCUT2D eigenvalue weighted by atomic mass is 16.5. The van der Waals surface area contributed by atoms with Gasteiger partial charge in [-0.2, -0.15) is 0 Å². The van der Waals surface area contributed by atoms with Crippen LogP contribution in [-0.2, 0) is 9.53 Å². The molecule has 1 aliphatic heterocycles. The van der Waals surface area contributed by atoms with Gasteiger partial charge in [-0.3, -0.25) is 9.59 Å². The van der Waals surface area contributed by atoms with Crippen molar-refractivity contribution >= 4 is 23.2 Å². The van der Waals surface area contributed by atoms with Crippen LogP contribution >= 0.6 is 0 Å². The number of rotatable bonds is 5. The fourth-order valence-electron chi connectivity index (χ4n) is 3.07. The van der Waals surface area contributed by atoms with Crippen LogP contribution in [0.25, 0.3) is 0 Å². The molecule has 0 spiro atoms. The van der Waals surface area contributed by atoms with Crippen molar-refractivity contribution in [1.29, 1.82) is 0 Å². The normalized spacial score (nSPS) is 15.1. The number of nitrogens with one attached hydrogen (secondary N) is 2. The van der Waals surface area contributed by atoms with Gasteiger partial charge >= 0.3 is 0 Å². The molecule has 3 rings (SSSR count). The predicted molar refractivity (Wildman–Crippen MR) is 106 cm³/mol. The summed E-state index contributed by atoms with van der Waals surface area (Å²) in [5.74, 6) is -0.505. The number of morpholine rings is 1. The quantitative estimate of drug-likeness (QED) is 0.852. The largest absolute Gasteiger partial charge is 0.378 e. The van der Waals surface area contributed by atoms with Crippen molar-refractivity contribution in [3.8, 4) is 0 Å². The first kappa shape index (κ1) is 18.9. The standard InChI is InChI=1S/C21H25N3O3/c1-15-7-3-4-8-17(15)21(26)22-16(2)20(25)23-18-9-5-6-10-19(18)24-11-13-27-14-12-24/h3-10,16H,11-14H2,1-2H3,(H,22,26)(H,23,25). The van der Waals surface area contributed by atoms with Crippen molar-refractivity contribution in [2.24, 2.45) is 0 Å². The molecule has 2 N–H and O–H groups in total. The summed E-state index contributed by atoms with van der Waals surface area (Å²) in [6.07, 6.45) is 0. The third-order valence-electron chi connectivity index (χ3n) is 4.64. The van der Waals surface area contributed by atoms with E-state index in [0.717, 1.165) is 30.0 Å². The Bertz CT molecular complexity index is 816. The summed E-state index contributed by atoms with van der Waals surface area (Å²) in [5, 5.41) is 5.71. The molecule has 0 aliphatic carbocycles.